The fourth-order valence-electron chi connectivity index (χ4n) is 3.04. The molecule has 1 aliphatic heterocycles. The quantitative estimate of drug-likeness (QED) is 0.653. The first-order valence-corrected chi connectivity index (χ1v) is 11.3. The van der Waals surface area contributed by atoms with E-state index in [-0.39, 0.29) is 29.2 Å². The molecule has 1 fully saturated rings. The summed E-state index contributed by atoms with van der Waals surface area (Å²) in [7, 11) is -1.21. The third-order valence-corrected chi connectivity index (χ3v) is 7.09. The summed E-state index contributed by atoms with van der Waals surface area (Å²) in [4.78, 5) is 14.4. The van der Waals surface area contributed by atoms with E-state index in [1.807, 2.05) is 14.0 Å². The molecule has 10 heteroatoms. The minimum atomic E-state index is -3.03. The molecule has 1 saturated heterocycles. The summed E-state index contributed by atoms with van der Waals surface area (Å²) in [6.45, 7) is 2.55. The minimum Gasteiger partial charge on any atom is -0.461 e. The fourth-order valence-corrected chi connectivity index (χ4v) is 5.57. The second kappa shape index (κ2) is 7.83. The van der Waals surface area contributed by atoms with Crippen LogP contribution in [-0.4, -0.2) is 63.8 Å². The molecule has 0 N–H and O–H groups in total. The second-order valence-electron chi connectivity index (χ2n) is 6.28. The van der Waals surface area contributed by atoms with Crippen molar-refractivity contribution in [2.45, 2.75) is 31.0 Å². The van der Waals surface area contributed by atoms with E-state index in [9.17, 15) is 13.2 Å². The van der Waals surface area contributed by atoms with Gasteiger partial charge in [0.15, 0.2) is 26.6 Å². The van der Waals surface area contributed by atoms with Gasteiger partial charge in [0.05, 0.1) is 23.5 Å². The largest absolute Gasteiger partial charge is 0.461 e. The van der Waals surface area contributed by atoms with Gasteiger partial charge in [-0.05, 0) is 25.0 Å². The van der Waals surface area contributed by atoms with Gasteiger partial charge in [-0.15, -0.1) is 10.2 Å². The molecular weight excluding hydrogens is 376 g/mol. The van der Waals surface area contributed by atoms with Crippen LogP contribution in [0.4, 0.5) is 0 Å². The lowest BCUT2D eigenvalue weighted by atomic mass is 10.2. The van der Waals surface area contributed by atoms with E-state index < -0.39 is 9.84 Å². The third-order valence-electron chi connectivity index (χ3n) is 4.34. The Morgan fingerprint density at radius 3 is 2.88 bits per heavy atom. The zero-order valence-corrected chi connectivity index (χ0v) is 16.4. The molecule has 1 atom stereocenters. The smallest absolute Gasteiger partial charge is 0.233 e. The van der Waals surface area contributed by atoms with Gasteiger partial charge in [0.1, 0.15) is 0 Å². The summed E-state index contributed by atoms with van der Waals surface area (Å²) >= 11 is 1.29. The van der Waals surface area contributed by atoms with Crippen LogP contribution in [0.2, 0.25) is 0 Å². The van der Waals surface area contributed by atoms with Crippen LogP contribution in [0.25, 0.3) is 11.6 Å². The number of rotatable bonds is 7. The molecule has 3 heterocycles. The molecule has 142 valence electrons. The number of thioether (sulfide) groups is 1. The maximum atomic E-state index is 12.7. The molecule has 2 aromatic heterocycles. The number of aromatic nitrogens is 3. The molecule has 0 radical (unpaired) electrons. The number of amides is 1. The molecule has 0 aliphatic carbocycles. The Balaban J connectivity index is 1.65. The van der Waals surface area contributed by atoms with E-state index >= 15 is 0 Å². The molecule has 2 aromatic rings. The lowest BCUT2D eigenvalue weighted by Crippen LogP contribution is -2.42. The van der Waals surface area contributed by atoms with Crippen molar-refractivity contribution in [3.8, 4) is 11.6 Å². The molecule has 0 spiro atoms. The van der Waals surface area contributed by atoms with Gasteiger partial charge in [-0.3, -0.25) is 4.79 Å². The summed E-state index contributed by atoms with van der Waals surface area (Å²) in [6.07, 6.45) is 2.88. The summed E-state index contributed by atoms with van der Waals surface area (Å²) < 4.78 is 30.6. The maximum Gasteiger partial charge on any atom is 0.233 e. The van der Waals surface area contributed by atoms with Crippen molar-refractivity contribution < 1.29 is 17.6 Å². The normalized spacial score (nSPS) is 18.9. The van der Waals surface area contributed by atoms with E-state index in [4.69, 9.17) is 4.42 Å². The standard InChI is InChI=1S/C16H22N4O4S2/c1-3-7-20(12-6-9-26(22,23)11-12)14(21)10-25-16-18-17-15(19(16)2)13-5-4-8-24-13/h4-5,8,12H,3,6-7,9-11H2,1-2H3/t12-/m0/s1. The first kappa shape index (κ1) is 19.0. The summed E-state index contributed by atoms with van der Waals surface area (Å²) in [5, 5.41) is 8.84. The highest BCUT2D eigenvalue weighted by Gasteiger charge is 2.34. The van der Waals surface area contributed by atoms with Crippen molar-refractivity contribution in [3.05, 3.63) is 18.4 Å². The Morgan fingerprint density at radius 1 is 1.46 bits per heavy atom. The number of nitrogens with zero attached hydrogens (tertiary/aromatic N) is 4. The average Bonchev–Trinajstić information content (AvgIpc) is 3.31. The maximum absolute atomic E-state index is 12.7. The summed E-state index contributed by atoms with van der Waals surface area (Å²) in [5.41, 5.74) is 0. The van der Waals surface area contributed by atoms with Crippen molar-refractivity contribution >= 4 is 27.5 Å². The zero-order valence-electron chi connectivity index (χ0n) is 14.8. The van der Waals surface area contributed by atoms with Crippen molar-refractivity contribution in [1.82, 2.24) is 19.7 Å². The molecule has 0 bridgehead atoms. The highest BCUT2D eigenvalue weighted by Crippen LogP contribution is 2.24. The lowest BCUT2D eigenvalue weighted by Gasteiger charge is -2.27. The fraction of sp³-hybridized carbons (Fsp3) is 0.562. The van der Waals surface area contributed by atoms with Gasteiger partial charge in [0.2, 0.25) is 5.91 Å². The topological polar surface area (TPSA) is 98.3 Å². The van der Waals surface area contributed by atoms with Gasteiger partial charge in [-0.1, -0.05) is 18.7 Å². The Kier molecular flexibility index (Phi) is 5.71. The van der Waals surface area contributed by atoms with Crippen LogP contribution in [0.15, 0.2) is 28.0 Å². The van der Waals surface area contributed by atoms with Crippen LogP contribution in [0.1, 0.15) is 19.8 Å². The Labute approximate surface area is 156 Å². The lowest BCUT2D eigenvalue weighted by molar-refractivity contribution is -0.130. The first-order valence-electron chi connectivity index (χ1n) is 8.47. The van der Waals surface area contributed by atoms with Crippen molar-refractivity contribution in [3.63, 3.8) is 0 Å². The zero-order chi connectivity index (χ0) is 18.7. The van der Waals surface area contributed by atoms with E-state index in [0.717, 1.165) is 6.42 Å². The van der Waals surface area contributed by atoms with Crippen LogP contribution < -0.4 is 0 Å². The molecular formula is C16H22N4O4S2. The van der Waals surface area contributed by atoms with Crippen LogP contribution in [0.5, 0.6) is 0 Å². The molecule has 0 aromatic carbocycles. The predicted molar refractivity (Wildman–Crippen MR) is 98.5 cm³/mol. The molecule has 26 heavy (non-hydrogen) atoms. The molecule has 3 rings (SSSR count). The van der Waals surface area contributed by atoms with Crippen LogP contribution in [0, 0.1) is 0 Å². The molecule has 0 unspecified atom stereocenters. The predicted octanol–water partition coefficient (Wildman–Crippen LogP) is 1.59. The second-order valence-corrected chi connectivity index (χ2v) is 9.45. The SMILES string of the molecule is CCCN(C(=O)CSc1nnc(-c2ccco2)n1C)[C@H]1CCS(=O)(=O)C1. The van der Waals surface area contributed by atoms with Crippen molar-refractivity contribution in [1.29, 1.82) is 0 Å². The monoisotopic (exact) mass is 398 g/mol. The van der Waals surface area contributed by atoms with Gasteiger partial charge in [0.25, 0.3) is 0 Å². The number of furan rings is 1. The van der Waals surface area contributed by atoms with Gasteiger partial charge < -0.3 is 13.9 Å². The number of carbonyl (C=O) groups excluding carboxylic acids is 1. The van der Waals surface area contributed by atoms with Crippen molar-refractivity contribution in [2.75, 3.05) is 23.8 Å². The number of carbonyl (C=O) groups is 1. The molecule has 1 amide bonds. The van der Waals surface area contributed by atoms with E-state index in [1.165, 1.54) is 11.8 Å². The average molecular weight is 399 g/mol. The minimum absolute atomic E-state index is 0.0655. The highest BCUT2D eigenvalue weighted by atomic mass is 32.2. The Morgan fingerprint density at radius 2 is 2.27 bits per heavy atom. The number of hydrogen-bond donors (Lipinski definition) is 0. The summed E-state index contributed by atoms with van der Waals surface area (Å²) in [6, 6.07) is 3.36. The van der Waals surface area contributed by atoms with E-state index in [0.29, 0.717) is 29.7 Å². The number of sulfone groups is 1. The van der Waals surface area contributed by atoms with E-state index in [1.54, 1.807) is 27.9 Å². The molecule has 0 saturated carbocycles. The van der Waals surface area contributed by atoms with Crippen molar-refractivity contribution in [2.24, 2.45) is 7.05 Å². The van der Waals surface area contributed by atoms with Gasteiger partial charge >= 0.3 is 0 Å². The molecule has 1 aliphatic rings. The highest BCUT2D eigenvalue weighted by molar-refractivity contribution is 7.99. The van der Waals surface area contributed by atoms with Crippen LogP contribution in [-0.2, 0) is 21.7 Å². The van der Waals surface area contributed by atoms with Crippen LogP contribution >= 0.6 is 11.8 Å². The third kappa shape index (κ3) is 4.12. The molecule has 8 nitrogen and oxygen atoms in total. The van der Waals surface area contributed by atoms with Gasteiger partial charge in [-0.25, -0.2) is 8.42 Å². The van der Waals surface area contributed by atoms with Gasteiger partial charge in [-0.2, -0.15) is 0 Å². The Bertz CT molecular complexity index is 861. The number of hydrogen-bond acceptors (Lipinski definition) is 7. The summed E-state index contributed by atoms with van der Waals surface area (Å²) in [5.74, 6) is 1.56. The van der Waals surface area contributed by atoms with Gasteiger partial charge in [0, 0.05) is 19.6 Å². The first-order chi connectivity index (χ1) is 12.4. The Hall–Kier alpha value is -1.81. The van der Waals surface area contributed by atoms with Crippen LogP contribution in [0.3, 0.4) is 0 Å². The van der Waals surface area contributed by atoms with E-state index in [2.05, 4.69) is 10.2 Å².